The predicted molar refractivity (Wildman–Crippen MR) is 86.2 cm³/mol. The van der Waals surface area contributed by atoms with Gasteiger partial charge >= 0.3 is 10.1 Å². The highest BCUT2D eigenvalue weighted by molar-refractivity contribution is 9.10. The van der Waals surface area contributed by atoms with Crippen LogP contribution in [0.3, 0.4) is 0 Å². The summed E-state index contributed by atoms with van der Waals surface area (Å²) in [5, 5.41) is 9.02. The molecular weight excluding hydrogens is 386 g/mol. The number of benzene rings is 2. The lowest BCUT2D eigenvalue weighted by molar-refractivity contribution is 0.353. The van der Waals surface area contributed by atoms with Crippen LogP contribution in [0.15, 0.2) is 45.8 Å². The summed E-state index contributed by atoms with van der Waals surface area (Å²) in [5.41, 5.74) is 0.118. The van der Waals surface area contributed by atoms with Gasteiger partial charge in [-0.3, -0.25) is 0 Å². The minimum absolute atomic E-state index is 0.0447. The van der Waals surface area contributed by atoms with Gasteiger partial charge in [-0.05, 0) is 34.1 Å². The molecule has 0 saturated heterocycles. The first-order chi connectivity index (χ1) is 10.9. The average Bonchev–Trinajstić information content (AvgIpc) is 2.54. The number of para-hydroxylation sites is 1. The summed E-state index contributed by atoms with van der Waals surface area (Å²) in [5.74, 6) is 0.568. The summed E-state index contributed by atoms with van der Waals surface area (Å²) >= 11 is 3.18. The van der Waals surface area contributed by atoms with Gasteiger partial charge in [0.05, 0.1) is 19.8 Å². The SMILES string of the molecule is COc1cc(Br)c(S(=O)(=O)Oc2ccccc2C#N)cc1OC. The van der Waals surface area contributed by atoms with Crippen LogP contribution in [0.5, 0.6) is 17.2 Å². The molecule has 0 fully saturated rings. The Balaban J connectivity index is 2.50. The third kappa shape index (κ3) is 3.57. The third-order valence-corrected chi connectivity index (χ3v) is 5.11. The Morgan fingerprint density at radius 1 is 1.04 bits per heavy atom. The van der Waals surface area contributed by atoms with Crippen molar-refractivity contribution in [3.05, 3.63) is 46.4 Å². The lowest BCUT2D eigenvalue weighted by Gasteiger charge is -2.13. The summed E-state index contributed by atoms with van der Waals surface area (Å²) in [6.07, 6.45) is 0. The Labute approximate surface area is 142 Å². The maximum atomic E-state index is 12.5. The molecule has 2 rings (SSSR count). The normalized spacial score (nSPS) is 10.7. The Hall–Kier alpha value is -2.24. The highest BCUT2D eigenvalue weighted by Gasteiger charge is 2.24. The van der Waals surface area contributed by atoms with Gasteiger partial charge in [0.15, 0.2) is 17.2 Å². The number of ether oxygens (including phenoxy) is 2. The fourth-order valence-electron chi connectivity index (χ4n) is 1.82. The zero-order chi connectivity index (χ0) is 17.0. The minimum Gasteiger partial charge on any atom is -0.493 e. The van der Waals surface area contributed by atoms with E-state index in [1.54, 1.807) is 12.1 Å². The smallest absolute Gasteiger partial charge is 0.340 e. The van der Waals surface area contributed by atoms with E-state index in [4.69, 9.17) is 18.9 Å². The van der Waals surface area contributed by atoms with E-state index in [0.29, 0.717) is 5.75 Å². The molecule has 2 aromatic rings. The lowest BCUT2D eigenvalue weighted by Crippen LogP contribution is -2.11. The van der Waals surface area contributed by atoms with Gasteiger partial charge in [0, 0.05) is 10.5 Å². The van der Waals surface area contributed by atoms with Crippen molar-refractivity contribution in [2.45, 2.75) is 4.90 Å². The molecule has 0 unspecified atom stereocenters. The van der Waals surface area contributed by atoms with E-state index >= 15 is 0 Å². The molecule has 0 saturated carbocycles. The zero-order valence-corrected chi connectivity index (χ0v) is 14.6. The molecule has 23 heavy (non-hydrogen) atoms. The van der Waals surface area contributed by atoms with Crippen molar-refractivity contribution >= 4 is 26.0 Å². The van der Waals surface area contributed by atoms with Gasteiger partial charge in [-0.15, -0.1) is 0 Å². The van der Waals surface area contributed by atoms with Crippen molar-refractivity contribution in [1.82, 2.24) is 0 Å². The van der Waals surface area contributed by atoms with Crippen LogP contribution in [-0.2, 0) is 10.1 Å². The van der Waals surface area contributed by atoms with Gasteiger partial charge in [-0.2, -0.15) is 13.7 Å². The molecule has 0 aliphatic heterocycles. The van der Waals surface area contributed by atoms with Crippen molar-refractivity contribution < 1.29 is 22.1 Å². The van der Waals surface area contributed by atoms with E-state index in [0.717, 1.165) is 0 Å². The summed E-state index contributed by atoms with van der Waals surface area (Å²) in [7, 11) is -1.33. The molecule has 0 heterocycles. The van der Waals surface area contributed by atoms with Crippen LogP contribution in [0.25, 0.3) is 0 Å². The van der Waals surface area contributed by atoms with Gasteiger partial charge in [0.25, 0.3) is 0 Å². The molecule has 0 aromatic heterocycles. The molecule has 0 amide bonds. The van der Waals surface area contributed by atoms with Crippen LogP contribution in [0.1, 0.15) is 5.56 Å². The Kier molecular flexibility index (Phi) is 5.13. The molecule has 0 N–H and O–H groups in total. The first-order valence-corrected chi connectivity index (χ1v) is 8.48. The van der Waals surface area contributed by atoms with Crippen LogP contribution in [0.2, 0.25) is 0 Å². The number of nitrogens with zero attached hydrogens (tertiary/aromatic N) is 1. The maximum absolute atomic E-state index is 12.5. The first-order valence-electron chi connectivity index (χ1n) is 6.28. The fourth-order valence-corrected chi connectivity index (χ4v) is 3.76. The molecule has 0 aliphatic carbocycles. The van der Waals surface area contributed by atoms with E-state index in [2.05, 4.69) is 15.9 Å². The Bertz CT molecular complexity index is 874. The molecule has 0 atom stereocenters. The van der Waals surface area contributed by atoms with Crippen molar-refractivity contribution in [2.75, 3.05) is 14.2 Å². The summed E-state index contributed by atoms with van der Waals surface area (Å²) in [4.78, 5) is -0.136. The number of hydrogen-bond acceptors (Lipinski definition) is 6. The zero-order valence-electron chi connectivity index (χ0n) is 12.2. The largest absolute Gasteiger partial charge is 0.493 e. The van der Waals surface area contributed by atoms with Crippen LogP contribution >= 0.6 is 15.9 Å². The number of halogens is 1. The van der Waals surface area contributed by atoms with Gasteiger partial charge < -0.3 is 13.7 Å². The standard InChI is InChI=1S/C15H12BrNO5S/c1-20-13-7-11(16)15(8-14(13)21-2)23(18,19)22-12-6-4-3-5-10(12)9-17/h3-8H,1-2H3. The second kappa shape index (κ2) is 6.89. The average molecular weight is 398 g/mol. The summed E-state index contributed by atoms with van der Waals surface area (Å²) < 4.78 is 40.6. The third-order valence-electron chi connectivity index (χ3n) is 2.91. The molecule has 0 spiro atoms. The molecule has 2 aromatic carbocycles. The number of rotatable bonds is 5. The molecule has 120 valence electrons. The van der Waals surface area contributed by atoms with Gasteiger partial charge in [-0.1, -0.05) is 12.1 Å². The molecule has 0 radical (unpaired) electrons. The predicted octanol–water partition coefficient (Wildman–Crippen LogP) is 3.11. The highest BCUT2D eigenvalue weighted by Crippen LogP contribution is 2.36. The van der Waals surface area contributed by atoms with Crippen molar-refractivity contribution in [1.29, 1.82) is 5.26 Å². The van der Waals surface area contributed by atoms with E-state index < -0.39 is 10.1 Å². The van der Waals surface area contributed by atoms with E-state index in [1.807, 2.05) is 6.07 Å². The molecule has 8 heteroatoms. The summed E-state index contributed by atoms with van der Waals surface area (Å²) in [6.45, 7) is 0. The molecule has 0 aliphatic rings. The Morgan fingerprint density at radius 3 is 2.26 bits per heavy atom. The first kappa shape index (κ1) is 17.1. The maximum Gasteiger partial charge on any atom is 0.340 e. The summed E-state index contributed by atoms with van der Waals surface area (Å²) in [6, 6.07) is 10.7. The number of nitriles is 1. The van der Waals surface area contributed by atoms with Crippen molar-refractivity contribution in [3.63, 3.8) is 0 Å². The van der Waals surface area contributed by atoms with Gasteiger partial charge in [0.2, 0.25) is 0 Å². The van der Waals surface area contributed by atoms with Crippen LogP contribution in [0.4, 0.5) is 0 Å². The van der Waals surface area contributed by atoms with Crippen molar-refractivity contribution in [2.24, 2.45) is 0 Å². The molecule has 6 nitrogen and oxygen atoms in total. The van der Waals surface area contributed by atoms with Gasteiger partial charge in [0.1, 0.15) is 11.0 Å². The molecular formula is C15H12BrNO5S. The van der Waals surface area contributed by atoms with Crippen LogP contribution in [0, 0.1) is 11.3 Å². The van der Waals surface area contributed by atoms with Gasteiger partial charge in [-0.25, -0.2) is 0 Å². The fraction of sp³-hybridized carbons (Fsp3) is 0.133. The highest BCUT2D eigenvalue weighted by atomic mass is 79.9. The lowest BCUT2D eigenvalue weighted by atomic mass is 10.2. The minimum atomic E-state index is -4.17. The molecule has 0 bridgehead atoms. The monoisotopic (exact) mass is 397 g/mol. The van der Waals surface area contributed by atoms with E-state index in [1.165, 1.54) is 38.5 Å². The van der Waals surface area contributed by atoms with Crippen LogP contribution < -0.4 is 13.7 Å². The quantitative estimate of drug-likeness (QED) is 0.720. The second-order valence-corrected chi connectivity index (χ2v) is 6.65. The number of methoxy groups -OCH3 is 2. The van der Waals surface area contributed by atoms with E-state index in [9.17, 15) is 8.42 Å². The van der Waals surface area contributed by atoms with Crippen molar-refractivity contribution in [3.8, 4) is 23.3 Å². The second-order valence-electron chi connectivity index (χ2n) is 4.28. The van der Waals surface area contributed by atoms with E-state index in [-0.39, 0.29) is 26.4 Å². The Morgan fingerprint density at radius 2 is 1.65 bits per heavy atom. The topological polar surface area (TPSA) is 85.6 Å². The number of hydrogen-bond donors (Lipinski definition) is 0. The van der Waals surface area contributed by atoms with Crippen LogP contribution in [-0.4, -0.2) is 22.6 Å².